The monoisotopic (exact) mass is 373 g/mol. The Labute approximate surface area is 159 Å². The molecule has 0 spiro atoms. The zero-order valence-electron chi connectivity index (χ0n) is 15.8. The standard InChI is InChI=1S/C20H27N3O4/c1-27-12-4-10-21-19(25)16-8-6-15(7-9-16)13-22-14-18(24)23-11-3-2-5-17(23)20(22)26/h6-9,17H,2-5,10-14H2,1H3,(H,21,25)/t17-/m0/s1. The van der Waals surface area contributed by atoms with Crippen molar-refractivity contribution in [1.29, 1.82) is 0 Å². The van der Waals surface area contributed by atoms with Gasteiger partial charge in [0.2, 0.25) is 11.8 Å². The van der Waals surface area contributed by atoms with Crippen molar-refractivity contribution in [2.45, 2.75) is 38.3 Å². The number of nitrogens with zero attached hydrogens (tertiary/aromatic N) is 2. The number of piperazine rings is 1. The fraction of sp³-hybridized carbons (Fsp3) is 0.550. The second kappa shape index (κ2) is 8.99. The molecular formula is C20H27N3O4. The van der Waals surface area contributed by atoms with Crippen LogP contribution in [-0.2, 0) is 20.9 Å². The van der Waals surface area contributed by atoms with E-state index in [1.807, 2.05) is 12.1 Å². The Balaban J connectivity index is 1.57. The number of rotatable bonds is 7. The number of carbonyl (C=O) groups excluding carboxylic acids is 3. The van der Waals surface area contributed by atoms with Crippen molar-refractivity contribution in [3.05, 3.63) is 35.4 Å². The van der Waals surface area contributed by atoms with Crippen LogP contribution in [0.5, 0.6) is 0 Å². The second-order valence-corrected chi connectivity index (χ2v) is 7.09. The Bertz CT molecular complexity index is 689. The van der Waals surface area contributed by atoms with E-state index < -0.39 is 0 Å². The second-order valence-electron chi connectivity index (χ2n) is 7.09. The van der Waals surface area contributed by atoms with Crippen molar-refractivity contribution in [3.63, 3.8) is 0 Å². The normalized spacial score (nSPS) is 19.8. The van der Waals surface area contributed by atoms with E-state index in [0.717, 1.165) is 31.2 Å². The van der Waals surface area contributed by atoms with Gasteiger partial charge in [0, 0.05) is 38.9 Å². The summed E-state index contributed by atoms with van der Waals surface area (Å²) in [4.78, 5) is 40.5. The molecule has 7 nitrogen and oxygen atoms in total. The molecule has 0 aliphatic carbocycles. The average molecular weight is 373 g/mol. The summed E-state index contributed by atoms with van der Waals surface area (Å²) in [5.74, 6) is -0.0552. The fourth-order valence-electron chi connectivity index (χ4n) is 3.67. The number of piperidine rings is 1. The third-order valence-corrected chi connectivity index (χ3v) is 5.15. The molecule has 2 heterocycles. The molecule has 1 aromatic carbocycles. The lowest BCUT2D eigenvalue weighted by Crippen LogP contribution is -2.60. The van der Waals surface area contributed by atoms with Crippen LogP contribution in [-0.4, -0.2) is 66.9 Å². The minimum atomic E-state index is -0.294. The van der Waals surface area contributed by atoms with E-state index >= 15 is 0 Å². The van der Waals surface area contributed by atoms with Crippen molar-refractivity contribution in [2.24, 2.45) is 0 Å². The molecule has 7 heteroatoms. The quantitative estimate of drug-likeness (QED) is 0.728. The van der Waals surface area contributed by atoms with Crippen LogP contribution in [0, 0.1) is 0 Å². The topological polar surface area (TPSA) is 79.0 Å². The summed E-state index contributed by atoms with van der Waals surface area (Å²) in [5, 5.41) is 2.84. The summed E-state index contributed by atoms with van der Waals surface area (Å²) in [7, 11) is 1.63. The molecule has 3 rings (SSSR count). The number of amides is 3. The van der Waals surface area contributed by atoms with Crippen molar-refractivity contribution in [2.75, 3.05) is 33.4 Å². The Morgan fingerprint density at radius 2 is 2.00 bits per heavy atom. The van der Waals surface area contributed by atoms with E-state index in [2.05, 4.69) is 5.32 Å². The summed E-state index contributed by atoms with van der Waals surface area (Å²) >= 11 is 0. The predicted molar refractivity (Wildman–Crippen MR) is 100 cm³/mol. The smallest absolute Gasteiger partial charge is 0.251 e. The summed E-state index contributed by atoms with van der Waals surface area (Å²) in [6.45, 7) is 2.40. The number of methoxy groups -OCH3 is 1. The minimum absolute atomic E-state index is 0.0337. The largest absolute Gasteiger partial charge is 0.385 e. The number of ether oxygens (including phenoxy) is 1. The van der Waals surface area contributed by atoms with E-state index in [4.69, 9.17) is 4.74 Å². The third kappa shape index (κ3) is 4.66. The number of hydrogen-bond acceptors (Lipinski definition) is 4. The summed E-state index contributed by atoms with van der Waals surface area (Å²) in [6.07, 6.45) is 3.49. The van der Waals surface area contributed by atoms with Crippen LogP contribution in [0.25, 0.3) is 0 Å². The SMILES string of the molecule is COCCCNC(=O)c1ccc(CN2CC(=O)N3CCCC[C@H]3C2=O)cc1. The van der Waals surface area contributed by atoms with Crippen molar-refractivity contribution < 1.29 is 19.1 Å². The van der Waals surface area contributed by atoms with Gasteiger partial charge in [0.25, 0.3) is 5.91 Å². The van der Waals surface area contributed by atoms with Gasteiger partial charge in [-0.25, -0.2) is 0 Å². The van der Waals surface area contributed by atoms with Crippen LogP contribution >= 0.6 is 0 Å². The van der Waals surface area contributed by atoms with Gasteiger partial charge in [0.1, 0.15) is 12.6 Å². The van der Waals surface area contributed by atoms with Gasteiger partial charge < -0.3 is 19.9 Å². The molecule has 1 aromatic rings. The average Bonchev–Trinajstić information content (AvgIpc) is 2.69. The van der Waals surface area contributed by atoms with Gasteiger partial charge in [-0.05, 0) is 43.4 Å². The van der Waals surface area contributed by atoms with Crippen molar-refractivity contribution >= 4 is 17.7 Å². The first-order valence-corrected chi connectivity index (χ1v) is 9.54. The highest BCUT2D eigenvalue weighted by atomic mass is 16.5. The first-order chi connectivity index (χ1) is 13.1. The van der Waals surface area contributed by atoms with E-state index in [9.17, 15) is 14.4 Å². The molecule has 1 N–H and O–H groups in total. The van der Waals surface area contributed by atoms with Crippen LogP contribution in [0.3, 0.4) is 0 Å². The molecule has 0 bridgehead atoms. The van der Waals surface area contributed by atoms with Gasteiger partial charge >= 0.3 is 0 Å². The molecule has 27 heavy (non-hydrogen) atoms. The van der Waals surface area contributed by atoms with Crippen LogP contribution in [0.15, 0.2) is 24.3 Å². The molecule has 1 atom stereocenters. The first kappa shape index (κ1) is 19.4. The molecule has 2 saturated heterocycles. The third-order valence-electron chi connectivity index (χ3n) is 5.15. The first-order valence-electron chi connectivity index (χ1n) is 9.54. The van der Waals surface area contributed by atoms with Gasteiger partial charge in [0.15, 0.2) is 0 Å². The van der Waals surface area contributed by atoms with Gasteiger partial charge in [-0.2, -0.15) is 0 Å². The maximum atomic E-state index is 12.7. The highest BCUT2D eigenvalue weighted by Gasteiger charge is 2.40. The molecule has 2 aliphatic heterocycles. The molecule has 146 valence electrons. The number of nitrogens with one attached hydrogen (secondary N) is 1. The molecule has 3 amide bonds. The van der Waals surface area contributed by atoms with E-state index in [-0.39, 0.29) is 30.3 Å². The summed E-state index contributed by atoms with van der Waals surface area (Å²) in [5.41, 5.74) is 1.49. The molecule has 0 aromatic heterocycles. The number of carbonyl (C=O) groups is 3. The Hall–Kier alpha value is -2.41. The van der Waals surface area contributed by atoms with Gasteiger partial charge in [-0.15, -0.1) is 0 Å². The lowest BCUT2D eigenvalue weighted by Gasteiger charge is -2.42. The lowest BCUT2D eigenvalue weighted by atomic mass is 9.98. The van der Waals surface area contributed by atoms with Crippen LogP contribution < -0.4 is 5.32 Å². The van der Waals surface area contributed by atoms with E-state index in [1.165, 1.54) is 0 Å². The van der Waals surface area contributed by atoms with Gasteiger partial charge in [-0.1, -0.05) is 12.1 Å². The molecule has 0 unspecified atom stereocenters. The summed E-state index contributed by atoms with van der Waals surface area (Å²) < 4.78 is 4.96. The maximum Gasteiger partial charge on any atom is 0.251 e. The van der Waals surface area contributed by atoms with E-state index in [0.29, 0.717) is 31.8 Å². The molecule has 0 radical (unpaired) electrons. The molecular weight excluding hydrogens is 346 g/mol. The minimum Gasteiger partial charge on any atom is -0.385 e. The predicted octanol–water partition coefficient (Wildman–Crippen LogP) is 1.18. The Morgan fingerprint density at radius 1 is 1.22 bits per heavy atom. The zero-order chi connectivity index (χ0) is 19.2. The molecule has 0 saturated carbocycles. The zero-order valence-corrected chi connectivity index (χ0v) is 15.8. The van der Waals surface area contributed by atoms with Crippen molar-refractivity contribution in [3.8, 4) is 0 Å². The van der Waals surface area contributed by atoms with Crippen molar-refractivity contribution in [1.82, 2.24) is 15.1 Å². The number of fused-ring (bicyclic) bond motifs is 1. The number of hydrogen-bond donors (Lipinski definition) is 1. The van der Waals surface area contributed by atoms with Crippen LogP contribution in [0.2, 0.25) is 0 Å². The highest BCUT2D eigenvalue weighted by Crippen LogP contribution is 2.24. The van der Waals surface area contributed by atoms with Crippen LogP contribution in [0.4, 0.5) is 0 Å². The summed E-state index contributed by atoms with van der Waals surface area (Å²) in [6, 6.07) is 6.90. The lowest BCUT2D eigenvalue weighted by molar-refractivity contribution is -0.158. The number of benzene rings is 1. The molecule has 2 aliphatic rings. The Kier molecular flexibility index (Phi) is 6.45. The van der Waals surface area contributed by atoms with Gasteiger partial charge in [-0.3, -0.25) is 14.4 Å². The maximum absolute atomic E-state index is 12.7. The van der Waals surface area contributed by atoms with Crippen LogP contribution in [0.1, 0.15) is 41.6 Å². The Morgan fingerprint density at radius 3 is 2.74 bits per heavy atom. The van der Waals surface area contributed by atoms with Gasteiger partial charge in [0.05, 0.1) is 0 Å². The fourth-order valence-corrected chi connectivity index (χ4v) is 3.67. The van der Waals surface area contributed by atoms with E-state index in [1.54, 1.807) is 29.0 Å². The highest BCUT2D eigenvalue weighted by molar-refractivity contribution is 5.95. The molecule has 2 fully saturated rings.